The Morgan fingerprint density at radius 3 is 1.35 bits per heavy atom. The first-order chi connectivity index (χ1) is 15.2. The van der Waals surface area contributed by atoms with E-state index in [1.165, 1.54) is 128 Å². The maximum absolute atomic E-state index is 12.5. The number of carbonyl (C=O) groups excluding carboxylic acids is 1. The topological polar surface area (TPSA) is 26.3 Å². The molecule has 2 atom stereocenters. The molecular formula is C29H58O2. The highest BCUT2D eigenvalue weighted by Crippen LogP contribution is 2.21. The number of rotatable bonds is 24. The van der Waals surface area contributed by atoms with Gasteiger partial charge in [-0.2, -0.15) is 0 Å². The standard InChI is InChI=1S/C29H58O2/c1-5-8-11-14-16-17-19-22-25-28(24-21-13-10-7-3)26-31-29(30)27(4)23-20-18-15-12-9-6-2/h27-28H,5-26H2,1-4H3. The van der Waals surface area contributed by atoms with E-state index in [4.69, 9.17) is 4.74 Å². The Morgan fingerprint density at radius 1 is 0.548 bits per heavy atom. The lowest BCUT2D eigenvalue weighted by Crippen LogP contribution is -2.20. The molecule has 0 aliphatic rings. The molecule has 2 unspecified atom stereocenters. The van der Waals surface area contributed by atoms with Gasteiger partial charge in [0.15, 0.2) is 0 Å². The summed E-state index contributed by atoms with van der Waals surface area (Å²) in [7, 11) is 0. The molecule has 2 heteroatoms. The summed E-state index contributed by atoms with van der Waals surface area (Å²) in [5.41, 5.74) is 0. The second-order valence-corrected chi connectivity index (χ2v) is 10.1. The number of hydrogen-bond acceptors (Lipinski definition) is 2. The van der Waals surface area contributed by atoms with Crippen LogP contribution in [0.4, 0.5) is 0 Å². The first-order valence-corrected chi connectivity index (χ1v) is 14.3. The molecule has 0 amide bonds. The van der Waals surface area contributed by atoms with Crippen LogP contribution >= 0.6 is 0 Å². The molecule has 0 aliphatic heterocycles. The van der Waals surface area contributed by atoms with Crippen molar-refractivity contribution in [3.63, 3.8) is 0 Å². The molecule has 0 bridgehead atoms. The SMILES string of the molecule is CCCCCCCCCCC(CCCCCC)COC(=O)C(C)CCCCCCCC. The fourth-order valence-electron chi connectivity index (χ4n) is 4.43. The zero-order valence-corrected chi connectivity index (χ0v) is 22.0. The van der Waals surface area contributed by atoms with Gasteiger partial charge in [0.1, 0.15) is 0 Å². The predicted molar refractivity (Wildman–Crippen MR) is 138 cm³/mol. The van der Waals surface area contributed by atoms with Crippen LogP contribution in [-0.2, 0) is 9.53 Å². The van der Waals surface area contributed by atoms with Crippen molar-refractivity contribution in [2.45, 2.75) is 163 Å². The molecule has 0 aromatic heterocycles. The Balaban J connectivity index is 4.05. The van der Waals surface area contributed by atoms with Gasteiger partial charge in [0.2, 0.25) is 0 Å². The molecule has 0 aromatic rings. The number of unbranched alkanes of at least 4 members (excludes halogenated alkanes) is 15. The molecule has 0 aromatic carbocycles. The van der Waals surface area contributed by atoms with Crippen molar-refractivity contribution in [2.75, 3.05) is 6.61 Å². The van der Waals surface area contributed by atoms with Gasteiger partial charge in [-0.15, -0.1) is 0 Å². The summed E-state index contributed by atoms with van der Waals surface area (Å²) in [6.07, 6.45) is 27.4. The van der Waals surface area contributed by atoms with Gasteiger partial charge in [-0.25, -0.2) is 0 Å². The quantitative estimate of drug-likeness (QED) is 0.111. The predicted octanol–water partition coefficient (Wildman–Crippen LogP) is 10.0. The van der Waals surface area contributed by atoms with Crippen LogP contribution in [0.5, 0.6) is 0 Å². The van der Waals surface area contributed by atoms with Crippen LogP contribution in [0.15, 0.2) is 0 Å². The van der Waals surface area contributed by atoms with Crippen LogP contribution < -0.4 is 0 Å². The summed E-state index contributed by atoms with van der Waals surface area (Å²) in [5.74, 6) is 0.681. The summed E-state index contributed by atoms with van der Waals surface area (Å²) in [6.45, 7) is 9.52. The highest BCUT2D eigenvalue weighted by atomic mass is 16.5. The molecule has 0 spiro atoms. The molecule has 0 aliphatic carbocycles. The minimum Gasteiger partial charge on any atom is -0.465 e. The summed E-state index contributed by atoms with van der Waals surface area (Å²) < 4.78 is 5.80. The number of ether oxygens (including phenoxy) is 1. The van der Waals surface area contributed by atoms with E-state index in [0.29, 0.717) is 12.5 Å². The van der Waals surface area contributed by atoms with Crippen LogP contribution in [0.1, 0.15) is 163 Å². The zero-order valence-electron chi connectivity index (χ0n) is 22.0. The number of esters is 1. The second-order valence-electron chi connectivity index (χ2n) is 10.1. The Labute approximate surface area is 196 Å². The first kappa shape index (κ1) is 30.5. The molecule has 31 heavy (non-hydrogen) atoms. The van der Waals surface area contributed by atoms with Gasteiger partial charge in [0, 0.05) is 0 Å². The Hall–Kier alpha value is -0.530. The van der Waals surface area contributed by atoms with Crippen LogP contribution in [0, 0.1) is 11.8 Å². The number of carbonyl (C=O) groups is 1. The van der Waals surface area contributed by atoms with Crippen molar-refractivity contribution >= 4 is 5.97 Å². The lowest BCUT2D eigenvalue weighted by atomic mass is 9.94. The zero-order chi connectivity index (χ0) is 23.0. The van der Waals surface area contributed by atoms with E-state index in [-0.39, 0.29) is 11.9 Å². The highest BCUT2D eigenvalue weighted by Gasteiger charge is 2.17. The molecular weight excluding hydrogens is 380 g/mol. The fraction of sp³-hybridized carbons (Fsp3) is 0.966. The van der Waals surface area contributed by atoms with Crippen molar-refractivity contribution in [2.24, 2.45) is 11.8 Å². The molecule has 0 radical (unpaired) electrons. The van der Waals surface area contributed by atoms with E-state index in [0.717, 1.165) is 6.42 Å². The first-order valence-electron chi connectivity index (χ1n) is 14.3. The largest absolute Gasteiger partial charge is 0.465 e. The van der Waals surface area contributed by atoms with Crippen molar-refractivity contribution in [3.05, 3.63) is 0 Å². The van der Waals surface area contributed by atoms with E-state index in [2.05, 4.69) is 27.7 Å². The molecule has 0 saturated carbocycles. The Morgan fingerprint density at radius 2 is 0.903 bits per heavy atom. The van der Waals surface area contributed by atoms with Crippen molar-refractivity contribution in [1.82, 2.24) is 0 Å². The minimum absolute atomic E-state index is 0.0445. The second kappa shape index (κ2) is 24.1. The van der Waals surface area contributed by atoms with E-state index in [9.17, 15) is 4.79 Å². The van der Waals surface area contributed by atoms with Crippen molar-refractivity contribution < 1.29 is 9.53 Å². The highest BCUT2D eigenvalue weighted by molar-refractivity contribution is 5.71. The summed E-state index contributed by atoms with van der Waals surface area (Å²) in [6, 6.07) is 0. The van der Waals surface area contributed by atoms with E-state index < -0.39 is 0 Å². The molecule has 2 nitrogen and oxygen atoms in total. The van der Waals surface area contributed by atoms with E-state index in [1.807, 2.05) is 0 Å². The number of hydrogen-bond donors (Lipinski definition) is 0. The molecule has 0 N–H and O–H groups in total. The van der Waals surface area contributed by atoms with Gasteiger partial charge in [-0.3, -0.25) is 4.79 Å². The van der Waals surface area contributed by atoms with Gasteiger partial charge in [0.25, 0.3) is 0 Å². The van der Waals surface area contributed by atoms with E-state index >= 15 is 0 Å². The normalized spacial score (nSPS) is 13.3. The molecule has 186 valence electrons. The monoisotopic (exact) mass is 438 g/mol. The van der Waals surface area contributed by atoms with Gasteiger partial charge >= 0.3 is 5.97 Å². The van der Waals surface area contributed by atoms with Crippen molar-refractivity contribution in [1.29, 1.82) is 0 Å². The van der Waals surface area contributed by atoms with Gasteiger partial charge in [-0.05, 0) is 25.2 Å². The molecule has 0 fully saturated rings. The average molecular weight is 439 g/mol. The Kier molecular flexibility index (Phi) is 23.7. The smallest absolute Gasteiger partial charge is 0.308 e. The Bertz CT molecular complexity index is 366. The van der Waals surface area contributed by atoms with Crippen LogP contribution in [0.2, 0.25) is 0 Å². The van der Waals surface area contributed by atoms with Crippen LogP contribution in [0.3, 0.4) is 0 Å². The average Bonchev–Trinajstić information content (AvgIpc) is 2.78. The summed E-state index contributed by atoms with van der Waals surface area (Å²) >= 11 is 0. The lowest BCUT2D eigenvalue weighted by Gasteiger charge is -2.19. The van der Waals surface area contributed by atoms with Gasteiger partial charge < -0.3 is 4.74 Å². The third-order valence-corrected chi connectivity index (χ3v) is 6.79. The summed E-state index contributed by atoms with van der Waals surface area (Å²) in [4.78, 5) is 12.5. The summed E-state index contributed by atoms with van der Waals surface area (Å²) in [5, 5.41) is 0. The third kappa shape index (κ3) is 21.1. The lowest BCUT2D eigenvalue weighted by molar-refractivity contribution is -0.149. The van der Waals surface area contributed by atoms with Crippen LogP contribution in [0.25, 0.3) is 0 Å². The molecule has 0 saturated heterocycles. The maximum atomic E-state index is 12.5. The van der Waals surface area contributed by atoms with Gasteiger partial charge in [-0.1, -0.05) is 143 Å². The fourth-order valence-corrected chi connectivity index (χ4v) is 4.43. The van der Waals surface area contributed by atoms with Gasteiger partial charge in [0.05, 0.1) is 12.5 Å². The minimum atomic E-state index is 0.0445. The maximum Gasteiger partial charge on any atom is 0.308 e. The van der Waals surface area contributed by atoms with Crippen molar-refractivity contribution in [3.8, 4) is 0 Å². The van der Waals surface area contributed by atoms with Crippen LogP contribution in [-0.4, -0.2) is 12.6 Å². The molecule has 0 heterocycles. The van der Waals surface area contributed by atoms with E-state index in [1.54, 1.807) is 0 Å². The third-order valence-electron chi connectivity index (χ3n) is 6.79. The molecule has 0 rings (SSSR count).